The van der Waals surface area contributed by atoms with Crippen molar-refractivity contribution in [1.29, 1.82) is 5.26 Å². The Labute approximate surface area is 149 Å². The minimum Gasteiger partial charge on any atom is -0.331 e. The molecule has 0 saturated heterocycles. The van der Waals surface area contributed by atoms with Crippen molar-refractivity contribution >= 4 is 34.9 Å². The second-order valence-electron chi connectivity index (χ2n) is 5.77. The molecular weight excluding hydrogens is 340 g/mol. The highest BCUT2D eigenvalue weighted by Crippen LogP contribution is 2.26. The molecule has 0 spiro atoms. The molecule has 0 saturated carbocycles. The fraction of sp³-hybridized carbons (Fsp3) is 0.167. The molecule has 126 valence electrons. The van der Waals surface area contributed by atoms with Gasteiger partial charge in [0.1, 0.15) is 6.07 Å². The number of halogens is 1. The lowest BCUT2D eigenvalue weighted by atomic mass is 10.0. The van der Waals surface area contributed by atoms with Crippen molar-refractivity contribution in [1.82, 2.24) is 5.32 Å². The van der Waals surface area contributed by atoms with E-state index in [1.807, 2.05) is 31.2 Å². The lowest BCUT2D eigenvalue weighted by Gasteiger charge is -2.16. The van der Waals surface area contributed by atoms with Crippen LogP contribution in [0.25, 0.3) is 0 Å². The summed E-state index contributed by atoms with van der Waals surface area (Å²) >= 11 is 5.95. The molecule has 3 amide bonds. The van der Waals surface area contributed by atoms with E-state index < -0.39 is 0 Å². The Balaban J connectivity index is 1.65. The van der Waals surface area contributed by atoms with Crippen LogP contribution in [0, 0.1) is 11.3 Å². The zero-order valence-corrected chi connectivity index (χ0v) is 14.1. The fourth-order valence-corrected chi connectivity index (χ4v) is 2.87. The average molecular weight is 355 g/mol. The maximum Gasteiger partial charge on any atom is 0.319 e. The number of nitrogens with one attached hydrogen (secondary N) is 3. The molecule has 0 radical (unpaired) electrons. The van der Waals surface area contributed by atoms with Crippen LogP contribution in [0.2, 0.25) is 5.02 Å². The minimum atomic E-state index is -0.386. The molecule has 1 aliphatic heterocycles. The molecule has 0 fully saturated rings. The monoisotopic (exact) mass is 354 g/mol. The normalized spacial score (nSPS) is 13.4. The molecule has 3 N–H and O–H groups in total. The van der Waals surface area contributed by atoms with Gasteiger partial charge in [0.2, 0.25) is 5.91 Å². The molecule has 2 aromatic carbocycles. The summed E-state index contributed by atoms with van der Waals surface area (Å²) in [4.78, 5) is 23.6. The molecular formula is C18H15ClN4O2. The van der Waals surface area contributed by atoms with Crippen LogP contribution >= 0.6 is 11.6 Å². The fourth-order valence-electron chi connectivity index (χ4n) is 2.65. The van der Waals surface area contributed by atoms with Gasteiger partial charge in [0.25, 0.3) is 0 Å². The number of rotatable bonds is 3. The Morgan fingerprint density at radius 1 is 1.32 bits per heavy atom. The first-order chi connectivity index (χ1) is 12.0. The molecule has 0 aliphatic carbocycles. The van der Waals surface area contributed by atoms with Gasteiger partial charge in [-0.15, -0.1) is 0 Å². The molecule has 1 heterocycles. The van der Waals surface area contributed by atoms with E-state index >= 15 is 0 Å². The molecule has 7 heteroatoms. The number of anilines is 2. The molecule has 0 aromatic heterocycles. The number of carbonyl (C=O) groups is 2. The summed E-state index contributed by atoms with van der Waals surface area (Å²) in [6, 6.07) is 11.6. The topological polar surface area (TPSA) is 94.0 Å². The number of hydrogen-bond donors (Lipinski definition) is 3. The maximum atomic E-state index is 12.2. The van der Waals surface area contributed by atoms with E-state index in [-0.39, 0.29) is 23.0 Å². The van der Waals surface area contributed by atoms with Crippen LogP contribution < -0.4 is 16.0 Å². The van der Waals surface area contributed by atoms with Crippen molar-refractivity contribution in [3.05, 3.63) is 58.1 Å². The standard InChI is InChI=1S/C18H15ClN4O2/c1-10(11-3-5-16-13(6-11)7-17(24)23-16)21-18(25)22-14-4-2-12(9-20)15(19)8-14/h2-6,8,10H,7H2,1H3,(H,23,24)(H2,21,22,25). The molecule has 3 rings (SSSR count). The van der Waals surface area contributed by atoms with Crippen molar-refractivity contribution in [3.63, 3.8) is 0 Å². The third-order valence-electron chi connectivity index (χ3n) is 3.95. The summed E-state index contributed by atoms with van der Waals surface area (Å²) in [5.74, 6) is -0.0248. The van der Waals surface area contributed by atoms with E-state index in [0.717, 1.165) is 16.8 Å². The zero-order valence-electron chi connectivity index (χ0n) is 13.4. The number of amides is 3. The van der Waals surface area contributed by atoms with Crippen LogP contribution in [0.4, 0.5) is 16.2 Å². The Morgan fingerprint density at radius 2 is 2.12 bits per heavy atom. The van der Waals surface area contributed by atoms with Crippen molar-refractivity contribution in [2.45, 2.75) is 19.4 Å². The van der Waals surface area contributed by atoms with Crippen molar-refractivity contribution in [2.24, 2.45) is 0 Å². The van der Waals surface area contributed by atoms with Crippen LogP contribution in [0.3, 0.4) is 0 Å². The van der Waals surface area contributed by atoms with Crippen molar-refractivity contribution in [2.75, 3.05) is 10.6 Å². The number of nitriles is 1. The minimum absolute atomic E-state index is 0.0248. The van der Waals surface area contributed by atoms with E-state index in [4.69, 9.17) is 16.9 Å². The highest BCUT2D eigenvalue weighted by atomic mass is 35.5. The molecule has 25 heavy (non-hydrogen) atoms. The van der Waals surface area contributed by atoms with E-state index in [2.05, 4.69) is 16.0 Å². The molecule has 6 nitrogen and oxygen atoms in total. The SMILES string of the molecule is CC(NC(=O)Nc1ccc(C#N)c(Cl)c1)c1ccc2c(c1)CC(=O)N2. The molecule has 1 unspecified atom stereocenters. The first-order valence-electron chi connectivity index (χ1n) is 7.66. The van der Waals surface area contributed by atoms with E-state index in [0.29, 0.717) is 17.7 Å². The summed E-state index contributed by atoms with van der Waals surface area (Å²) in [5.41, 5.74) is 3.50. The Bertz CT molecular complexity index is 904. The Morgan fingerprint density at radius 3 is 2.84 bits per heavy atom. The Kier molecular flexibility index (Phi) is 4.59. The third kappa shape index (κ3) is 3.73. The van der Waals surface area contributed by atoms with E-state index in [9.17, 15) is 9.59 Å². The van der Waals surface area contributed by atoms with Gasteiger partial charge in [0.05, 0.1) is 23.0 Å². The first kappa shape index (κ1) is 16.8. The first-order valence-corrected chi connectivity index (χ1v) is 8.04. The highest BCUT2D eigenvalue weighted by Gasteiger charge is 2.19. The number of carbonyl (C=O) groups excluding carboxylic acids is 2. The zero-order chi connectivity index (χ0) is 18.0. The van der Waals surface area contributed by atoms with Gasteiger partial charge < -0.3 is 16.0 Å². The average Bonchev–Trinajstić information content (AvgIpc) is 2.93. The maximum absolute atomic E-state index is 12.2. The van der Waals surface area contributed by atoms with Crippen molar-refractivity contribution < 1.29 is 9.59 Å². The largest absolute Gasteiger partial charge is 0.331 e. The van der Waals surface area contributed by atoms with Crippen molar-refractivity contribution in [3.8, 4) is 6.07 Å². The van der Waals surface area contributed by atoms with Crippen LogP contribution in [-0.4, -0.2) is 11.9 Å². The quantitative estimate of drug-likeness (QED) is 0.786. The smallest absolute Gasteiger partial charge is 0.319 e. The summed E-state index contributed by atoms with van der Waals surface area (Å²) in [6.45, 7) is 1.86. The van der Waals surface area contributed by atoms with E-state index in [1.54, 1.807) is 12.1 Å². The van der Waals surface area contributed by atoms with Gasteiger partial charge >= 0.3 is 6.03 Å². The van der Waals surface area contributed by atoms with Crippen LogP contribution in [0.5, 0.6) is 0 Å². The molecule has 1 aliphatic rings. The lowest BCUT2D eigenvalue weighted by Crippen LogP contribution is -2.31. The summed E-state index contributed by atoms with van der Waals surface area (Å²) in [7, 11) is 0. The van der Waals surface area contributed by atoms with Gasteiger partial charge in [-0.25, -0.2) is 4.79 Å². The van der Waals surface area contributed by atoms with Crippen LogP contribution in [-0.2, 0) is 11.2 Å². The van der Waals surface area contributed by atoms with Gasteiger partial charge in [-0.05, 0) is 42.3 Å². The number of fused-ring (bicyclic) bond motifs is 1. The highest BCUT2D eigenvalue weighted by molar-refractivity contribution is 6.32. The summed E-state index contributed by atoms with van der Waals surface area (Å²) in [6.07, 6.45) is 0.353. The van der Waals surface area contributed by atoms with Gasteiger partial charge in [-0.1, -0.05) is 23.7 Å². The van der Waals surface area contributed by atoms with Gasteiger partial charge in [0.15, 0.2) is 0 Å². The molecule has 2 aromatic rings. The van der Waals surface area contributed by atoms with Crippen LogP contribution in [0.15, 0.2) is 36.4 Å². The van der Waals surface area contributed by atoms with Gasteiger partial charge in [-0.3, -0.25) is 4.79 Å². The molecule has 1 atom stereocenters. The second-order valence-corrected chi connectivity index (χ2v) is 6.18. The number of urea groups is 1. The number of hydrogen-bond acceptors (Lipinski definition) is 3. The van der Waals surface area contributed by atoms with Gasteiger partial charge in [0, 0.05) is 11.4 Å². The molecule has 0 bridgehead atoms. The third-order valence-corrected chi connectivity index (χ3v) is 4.26. The predicted molar refractivity (Wildman–Crippen MR) is 95.5 cm³/mol. The second kappa shape index (κ2) is 6.83. The number of benzene rings is 2. The predicted octanol–water partition coefficient (Wildman–Crippen LogP) is 3.59. The van der Waals surface area contributed by atoms with Crippen LogP contribution in [0.1, 0.15) is 29.7 Å². The lowest BCUT2D eigenvalue weighted by molar-refractivity contribution is -0.115. The Hall–Kier alpha value is -3.04. The summed E-state index contributed by atoms with van der Waals surface area (Å²) in [5, 5.41) is 17.4. The van der Waals surface area contributed by atoms with E-state index in [1.165, 1.54) is 6.07 Å². The number of nitrogens with zero attached hydrogens (tertiary/aromatic N) is 1. The summed E-state index contributed by atoms with van der Waals surface area (Å²) < 4.78 is 0. The van der Waals surface area contributed by atoms with Gasteiger partial charge in [-0.2, -0.15) is 5.26 Å².